The lowest BCUT2D eigenvalue weighted by molar-refractivity contribution is -0.144. The van der Waals surface area contributed by atoms with Crippen LogP contribution in [0.3, 0.4) is 0 Å². The van der Waals surface area contributed by atoms with Crippen LogP contribution in [-0.2, 0) is 64.0 Å². The van der Waals surface area contributed by atoms with Crippen LogP contribution in [0.5, 0.6) is 0 Å². The van der Waals surface area contributed by atoms with Crippen LogP contribution >= 0.6 is 12.6 Å². The first-order valence-corrected chi connectivity index (χ1v) is 25.1. The highest BCUT2D eigenvalue weighted by Crippen LogP contribution is 2.22. The Bertz CT molecular complexity index is 2270. The second kappa shape index (κ2) is 31.3. The van der Waals surface area contributed by atoms with Crippen molar-refractivity contribution in [2.75, 3.05) is 38.5 Å². The molecule has 31 nitrogen and oxygen atoms in total. The molecule has 2 aliphatic heterocycles. The molecule has 2 aliphatic rings. The lowest BCUT2D eigenvalue weighted by atomic mass is 10.0. The third-order valence-electron chi connectivity index (χ3n) is 12.1. The van der Waals surface area contributed by atoms with Gasteiger partial charge in [0.2, 0.25) is 59.1 Å². The number of carboxylic acid groups (broad SMARTS) is 2. The van der Waals surface area contributed by atoms with E-state index in [2.05, 4.69) is 64.8 Å². The molecular weight excluding hydrogens is 1020 g/mol. The van der Waals surface area contributed by atoms with E-state index < -0.39 is 145 Å². The largest absolute Gasteiger partial charge is 0.481 e. The second-order valence-electron chi connectivity index (χ2n) is 18.1. The Kier molecular flexibility index (Phi) is 25.8. The van der Waals surface area contributed by atoms with Crippen molar-refractivity contribution in [1.29, 1.82) is 0 Å². The number of unbranched alkanes of at least 4 members (excludes halogenated alkanes) is 1. The van der Waals surface area contributed by atoms with Gasteiger partial charge in [-0.15, -0.1) is 0 Å². The predicted molar refractivity (Wildman–Crippen MR) is 270 cm³/mol. The van der Waals surface area contributed by atoms with Crippen LogP contribution < -0.4 is 65.9 Å². The van der Waals surface area contributed by atoms with Gasteiger partial charge in [0.1, 0.15) is 54.9 Å². The number of hydrogen-bond acceptors (Lipinski definition) is 17. The number of likely N-dealkylation sites (tertiary alicyclic amines) is 2. The summed E-state index contributed by atoms with van der Waals surface area (Å²) in [5.41, 5.74) is 28.1. The van der Waals surface area contributed by atoms with Crippen molar-refractivity contribution in [2.45, 2.75) is 138 Å². The number of imidazole rings is 1. The molecule has 2 saturated heterocycles. The predicted octanol–water partition coefficient (Wildman–Crippen LogP) is -7.15. The standard InChI is InChI=1S/C44H71N17O14S/c1-22(46)35(67)56-27(17-33(63)64)39(71)59-29(20-76)43(75)61-14-6-9-30(61)40(72)55-25(8-4-12-51-44(48)49)37(69)58-28(16-32(47)62)42(74)60-13-5-10-31(60)41(73)57-26(15-23-18-50-21-53-23)38(70)54-24(7-2-3-11-45)36(68)52-19-34(65)66/h18,21-22,24-31,76H,2-17,19-20,45-46H2,1H3,(H2,47,62)(H,50,53)(H,52,68)(H,54,70)(H,55,72)(H,56,67)(H,57,73)(H,58,69)(H,59,71)(H,63,64)(H,65,66)(H4,48,49,51). The molecule has 0 radical (unpaired) electrons. The molecular formula is C44H71N17O14S. The van der Waals surface area contributed by atoms with Crippen LogP contribution in [0.1, 0.15) is 83.2 Å². The average molecular weight is 1090 g/mol. The summed E-state index contributed by atoms with van der Waals surface area (Å²) in [6.07, 6.45) is 2.49. The van der Waals surface area contributed by atoms with E-state index in [1.54, 1.807) is 0 Å². The van der Waals surface area contributed by atoms with E-state index in [1.165, 1.54) is 19.4 Å². The fraction of sp³-hybridized carbons (Fsp3) is 0.636. The van der Waals surface area contributed by atoms with Gasteiger partial charge in [-0.2, -0.15) is 12.6 Å². The van der Waals surface area contributed by atoms with E-state index in [0.717, 1.165) is 9.80 Å². The first-order valence-electron chi connectivity index (χ1n) is 24.5. The molecule has 3 heterocycles. The number of carbonyl (C=O) groups is 12. The monoisotopic (exact) mass is 1090 g/mol. The zero-order chi connectivity index (χ0) is 56.6. The number of hydrogen-bond donors (Lipinski definition) is 16. The Labute approximate surface area is 441 Å². The van der Waals surface area contributed by atoms with Gasteiger partial charge in [-0.3, -0.25) is 62.5 Å². The third-order valence-corrected chi connectivity index (χ3v) is 12.5. The second-order valence-corrected chi connectivity index (χ2v) is 18.5. The fourth-order valence-electron chi connectivity index (χ4n) is 8.28. The number of primary amides is 1. The number of aliphatic imine (C=N–C) groups is 1. The van der Waals surface area contributed by atoms with Gasteiger partial charge in [0.25, 0.3) is 0 Å². The molecule has 32 heteroatoms. The van der Waals surface area contributed by atoms with Crippen LogP contribution in [0, 0.1) is 0 Å². The number of aromatic nitrogens is 2. The summed E-state index contributed by atoms with van der Waals surface area (Å²) in [5, 5.41) is 35.6. The number of carbonyl (C=O) groups excluding carboxylic acids is 10. The lowest BCUT2D eigenvalue weighted by Crippen LogP contribution is -2.60. The van der Waals surface area contributed by atoms with E-state index in [0.29, 0.717) is 25.0 Å². The highest BCUT2D eigenvalue weighted by Gasteiger charge is 2.42. The SMILES string of the molecule is CC(N)C(=O)NC(CC(=O)O)C(=O)NC(CS)C(=O)N1CCCC1C(=O)NC(CCCN=C(N)N)C(=O)NC(CC(N)=O)C(=O)N1CCCC1C(=O)NC(Cc1cnc[nH]1)C(=O)NC(CCCCN)C(=O)NCC(=O)O. The number of carboxylic acids is 2. The van der Waals surface area contributed by atoms with Gasteiger partial charge in [-0.25, -0.2) is 4.98 Å². The zero-order valence-corrected chi connectivity index (χ0v) is 42.9. The van der Waals surface area contributed by atoms with Crippen LogP contribution in [0.2, 0.25) is 0 Å². The number of guanidine groups is 1. The minimum Gasteiger partial charge on any atom is -0.481 e. The highest BCUT2D eigenvalue weighted by molar-refractivity contribution is 7.80. The van der Waals surface area contributed by atoms with Crippen molar-refractivity contribution >= 4 is 89.6 Å². The van der Waals surface area contributed by atoms with E-state index in [-0.39, 0.29) is 82.8 Å². The van der Waals surface area contributed by atoms with Gasteiger partial charge in [0.15, 0.2) is 5.96 Å². The quantitative estimate of drug-likeness (QED) is 0.0138. The summed E-state index contributed by atoms with van der Waals surface area (Å²) in [5.74, 6) is -12.3. The van der Waals surface area contributed by atoms with Gasteiger partial charge in [0, 0.05) is 43.7 Å². The first kappa shape index (κ1) is 62.7. The molecule has 3 rings (SSSR count). The van der Waals surface area contributed by atoms with Crippen molar-refractivity contribution in [2.24, 2.45) is 33.7 Å². The summed E-state index contributed by atoms with van der Waals surface area (Å²) in [6, 6.07) is -12.4. The molecule has 76 heavy (non-hydrogen) atoms. The lowest BCUT2D eigenvalue weighted by Gasteiger charge is -2.31. The van der Waals surface area contributed by atoms with Gasteiger partial charge in [-0.05, 0) is 71.3 Å². The van der Waals surface area contributed by atoms with Crippen LogP contribution in [0.15, 0.2) is 17.5 Å². The molecule has 0 saturated carbocycles. The number of aliphatic carboxylic acids is 2. The van der Waals surface area contributed by atoms with Crippen molar-refractivity contribution in [3.05, 3.63) is 18.2 Å². The van der Waals surface area contributed by atoms with E-state index in [9.17, 15) is 62.6 Å². The molecule has 0 aliphatic carbocycles. The third kappa shape index (κ3) is 20.3. The molecule has 0 spiro atoms. The maximum Gasteiger partial charge on any atom is 0.322 e. The Morgan fingerprint density at radius 2 is 1.22 bits per heavy atom. The zero-order valence-electron chi connectivity index (χ0n) is 42.0. The molecule has 422 valence electrons. The van der Waals surface area contributed by atoms with Gasteiger partial charge in [0.05, 0.1) is 25.2 Å². The topological polar surface area (TPSA) is 507 Å². The maximum atomic E-state index is 14.4. The number of thiol groups is 1. The highest BCUT2D eigenvalue weighted by atomic mass is 32.1. The summed E-state index contributed by atoms with van der Waals surface area (Å²) >= 11 is 4.18. The number of aromatic amines is 1. The molecule has 2 fully saturated rings. The van der Waals surface area contributed by atoms with E-state index >= 15 is 0 Å². The molecule has 1 aromatic rings. The minimum absolute atomic E-state index is 0.00820. The molecule has 1 aromatic heterocycles. The van der Waals surface area contributed by atoms with Crippen LogP contribution in [-0.4, -0.2) is 200 Å². The van der Waals surface area contributed by atoms with Crippen molar-refractivity contribution in [3.8, 4) is 0 Å². The van der Waals surface area contributed by atoms with E-state index in [1.807, 2.05) is 0 Å². The molecule has 0 aromatic carbocycles. The van der Waals surface area contributed by atoms with Crippen LogP contribution in [0.25, 0.3) is 0 Å². The summed E-state index contributed by atoms with van der Waals surface area (Å²) in [6.45, 7) is 0.806. The summed E-state index contributed by atoms with van der Waals surface area (Å²) in [7, 11) is 0. The summed E-state index contributed by atoms with van der Waals surface area (Å²) in [4.78, 5) is 171. The molecule has 20 N–H and O–H groups in total. The first-order chi connectivity index (χ1) is 36.0. The van der Waals surface area contributed by atoms with Gasteiger partial charge >= 0.3 is 11.9 Å². The Hall–Kier alpha value is -7.61. The number of nitrogens with two attached hydrogens (primary N) is 5. The number of H-pyrrole nitrogens is 1. The number of nitrogens with one attached hydrogen (secondary N) is 8. The Morgan fingerprint density at radius 1 is 0.697 bits per heavy atom. The molecule has 9 atom stereocenters. The number of nitrogens with zero attached hydrogens (tertiary/aromatic N) is 4. The summed E-state index contributed by atoms with van der Waals surface area (Å²) < 4.78 is 0. The number of amides is 10. The van der Waals surface area contributed by atoms with Crippen molar-refractivity contribution in [1.82, 2.24) is 57.0 Å². The Balaban J connectivity index is 1.85. The maximum absolute atomic E-state index is 14.4. The minimum atomic E-state index is -1.70. The smallest absolute Gasteiger partial charge is 0.322 e. The fourth-order valence-corrected chi connectivity index (χ4v) is 8.53. The molecule has 9 unspecified atom stereocenters. The van der Waals surface area contributed by atoms with Gasteiger partial charge < -0.3 is 90.9 Å². The molecule has 0 bridgehead atoms. The van der Waals surface area contributed by atoms with Crippen LogP contribution in [0.4, 0.5) is 0 Å². The normalized spacial score (nSPS) is 17.7. The van der Waals surface area contributed by atoms with E-state index in [4.69, 9.17) is 33.8 Å². The molecule has 10 amide bonds. The van der Waals surface area contributed by atoms with Crippen molar-refractivity contribution in [3.63, 3.8) is 0 Å². The van der Waals surface area contributed by atoms with Crippen molar-refractivity contribution < 1.29 is 67.7 Å². The average Bonchev–Trinajstić information content (AvgIpc) is 4.18. The Morgan fingerprint density at radius 3 is 1.75 bits per heavy atom. The number of rotatable bonds is 32. The van der Waals surface area contributed by atoms with Gasteiger partial charge in [-0.1, -0.05) is 0 Å².